The first-order chi connectivity index (χ1) is 16.1. The Balaban J connectivity index is 2.36. The van der Waals surface area contributed by atoms with E-state index in [1.54, 1.807) is 30.3 Å². The third-order valence-corrected chi connectivity index (χ3v) is 4.77. The number of nitrogens with one attached hydrogen (secondary N) is 3. The summed E-state index contributed by atoms with van der Waals surface area (Å²) in [6.07, 6.45) is -5.21. The molecule has 4 N–H and O–H groups in total. The van der Waals surface area contributed by atoms with Gasteiger partial charge >= 0.3 is 12.4 Å². The van der Waals surface area contributed by atoms with Crippen LogP contribution in [0.15, 0.2) is 36.4 Å². The van der Waals surface area contributed by atoms with E-state index in [0.29, 0.717) is 12.2 Å². The molecule has 2 rings (SSSR count). The standard InChI is InChI=1S/C22H27F3N4O5/c1-4-29(5-2)12-11-26-20(31)17-16(33-3)13-15(19(18(17)30)34-22(23,24)25)28-21(32)27-14-9-7-6-8-10-14/h6-10,13,30H,4-5,11-12H2,1-3H3,(H,26,31)(H2,27,28,32). The molecular weight excluding hydrogens is 457 g/mol. The molecule has 0 fully saturated rings. The SMILES string of the molecule is CCN(CC)CCNC(=O)c1c(OC)cc(NC(=O)Nc2ccccc2)c(OC(F)(F)F)c1O. The number of likely N-dealkylation sites (N-methyl/N-ethyl adjacent to an activating group) is 1. The first kappa shape index (κ1) is 26.6. The van der Waals surface area contributed by atoms with Gasteiger partial charge in [-0.2, -0.15) is 0 Å². The Morgan fingerprint density at radius 2 is 1.74 bits per heavy atom. The number of anilines is 2. The summed E-state index contributed by atoms with van der Waals surface area (Å²) in [7, 11) is 1.17. The van der Waals surface area contributed by atoms with Gasteiger partial charge in [-0.15, -0.1) is 13.2 Å². The molecular formula is C22H27F3N4O5. The highest BCUT2D eigenvalue weighted by molar-refractivity contribution is 6.05. The van der Waals surface area contributed by atoms with Crippen LogP contribution in [0.1, 0.15) is 24.2 Å². The van der Waals surface area contributed by atoms with Crippen LogP contribution in [0.5, 0.6) is 17.2 Å². The number of para-hydroxylation sites is 1. The maximum Gasteiger partial charge on any atom is 0.573 e. The highest BCUT2D eigenvalue weighted by Crippen LogP contribution is 2.45. The number of carbonyl (C=O) groups is 2. The van der Waals surface area contributed by atoms with Crippen LogP contribution < -0.4 is 25.4 Å². The smallest absolute Gasteiger partial charge is 0.504 e. The van der Waals surface area contributed by atoms with Crippen LogP contribution in [0.4, 0.5) is 29.3 Å². The van der Waals surface area contributed by atoms with Crippen LogP contribution in [0.25, 0.3) is 0 Å². The summed E-state index contributed by atoms with van der Waals surface area (Å²) in [5, 5.41) is 17.7. The Bertz CT molecular complexity index is 983. The van der Waals surface area contributed by atoms with Crippen LogP contribution in [-0.2, 0) is 0 Å². The number of hydrogen-bond acceptors (Lipinski definition) is 6. The Morgan fingerprint density at radius 1 is 1.09 bits per heavy atom. The number of nitrogens with zero attached hydrogens (tertiary/aromatic N) is 1. The lowest BCUT2D eigenvalue weighted by Crippen LogP contribution is -2.35. The predicted molar refractivity (Wildman–Crippen MR) is 121 cm³/mol. The molecule has 0 bridgehead atoms. The lowest BCUT2D eigenvalue weighted by molar-refractivity contribution is -0.274. The highest BCUT2D eigenvalue weighted by atomic mass is 19.4. The average molecular weight is 484 g/mol. The minimum absolute atomic E-state index is 0.179. The van der Waals surface area contributed by atoms with Crippen molar-refractivity contribution in [2.75, 3.05) is 43.9 Å². The molecule has 3 amide bonds. The number of aromatic hydroxyl groups is 1. The van der Waals surface area contributed by atoms with Gasteiger partial charge in [-0.3, -0.25) is 4.79 Å². The molecule has 9 nitrogen and oxygen atoms in total. The number of amides is 3. The second-order valence-corrected chi connectivity index (χ2v) is 6.95. The molecule has 34 heavy (non-hydrogen) atoms. The number of phenols is 1. The van der Waals surface area contributed by atoms with Crippen LogP contribution in [-0.4, -0.2) is 61.6 Å². The van der Waals surface area contributed by atoms with Crippen LogP contribution in [0.2, 0.25) is 0 Å². The summed E-state index contributed by atoms with van der Waals surface area (Å²) in [6, 6.07) is 8.20. The summed E-state index contributed by atoms with van der Waals surface area (Å²) in [6.45, 7) is 6.05. The summed E-state index contributed by atoms with van der Waals surface area (Å²) in [5.74, 6) is -3.41. The second kappa shape index (κ2) is 12.0. The molecule has 0 aliphatic carbocycles. The van der Waals surface area contributed by atoms with Crippen molar-refractivity contribution in [3.05, 3.63) is 42.0 Å². The minimum Gasteiger partial charge on any atom is -0.504 e. The normalized spacial score (nSPS) is 11.1. The molecule has 0 saturated heterocycles. The van der Waals surface area contributed by atoms with E-state index >= 15 is 0 Å². The molecule has 0 radical (unpaired) electrons. The minimum atomic E-state index is -5.21. The predicted octanol–water partition coefficient (Wildman–Crippen LogP) is 4.02. The molecule has 0 aliphatic rings. The number of rotatable bonds is 10. The van der Waals surface area contributed by atoms with Gasteiger partial charge in [0.05, 0.1) is 12.8 Å². The Kier molecular flexibility index (Phi) is 9.36. The lowest BCUT2D eigenvalue weighted by Gasteiger charge is -2.21. The number of methoxy groups -OCH3 is 1. The molecule has 2 aromatic carbocycles. The van der Waals surface area contributed by atoms with Crippen molar-refractivity contribution in [3.8, 4) is 17.2 Å². The van der Waals surface area contributed by atoms with E-state index in [1.165, 1.54) is 7.11 Å². The topological polar surface area (TPSA) is 112 Å². The fourth-order valence-electron chi connectivity index (χ4n) is 3.08. The van der Waals surface area contributed by atoms with Crippen molar-refractivity contribution >= 4 is 23.3 Å². The number of carbonyl (C=O) groups excluding carboxylic acids is 2. The van der Waals surface area contributed by atoms with Crippen molar-refractivity contribution in [1.29, 1.82) is 0 Å². The highest BCUT2D eigenvalue weighted by Gasteiger charge is 2.36. The quantitative estimate of drug-likeness (QED) is 0.405. The van der Waals surface area contributed by atoms with Crippen molar-refractivity contribution in [2.24, 2.45) is 0 Å². The zero-order valence-corrected chi connectivity index (χ0v) is 19.0. The monoisotopic (exact) mass is 484 g/mol. The van der Waals surface area contributed by atoms with Gasteiger partial charge in [0.2, 0.25) is 0 Å². The Morgan fingerprint density at radius 3 is 2.29 bits per heavy atom. The number of phenolic OH excluding ortho intramolecular Hbond substituents is 1. The molecule has 12 heteroatoms. The molecule has 0 heterocycles. The lowest BCUT2D eigenvalue weighted by atomic mass is 10.1. The molecule has 0 aromatic heterocycles. The number of halogens is 3. The molecule has 0 spiro atoms. The first-order valence-corrected chi connectivity index (χ1v) is 10.4. The van der Waals surface area contributed by atoms with Crippen molar-refractivity contribution < 1.29 is 37.3 Å². The van der Waals surface area contributed by atoms with E-state index in [-0.39, 0.29) is 12.3 Å². The number of urea groups is 1. The summed E-state index contributed by atoms with van der Waals surface area (Å²) >= 11 is 0. The number of benzene rings is 2. The number of hydrogen-bond donors (Lipinski definition) is 4. The molecule has 186 valence electrons. The summed E-state index contributed by atoms with van der Waals surface area (Å²) in [4.78, 5) is 27.0. The maximum absolute atomic E-state index is 13.1. The van der Waals surface area contributed by atoms with Gasteiger partial charge in [0, 0.05) is 24.8 Å². The number of ether oxygens (including phenoxy) is 2. The van der Waals surface area contributed by atoms with E-state index in [2.05, 4.69) is 20.7 Å². The van der Waals surface area contributed by atoms with E-state index in [9.17, 15) is 27.9 Å². The Labute approximate surface area is 194 Å². The third-order valence-electron chi connectivity index (χ3n) is 4.77. The van der Waals surface area contributed by atoms with Gasteiger partial charge in [-0.1, -0.05) is 32.0 Å². The van der Waals surface area contributed by atoms with E-state index in [4.69, 9.17) is 4.74 Å². The molecule has 2 aromatic rings. The van der Waals surface area contributed by atoms with Crippen LogP contribution >= 0.6 is 0 Å². The summed E-state index contributed by atoms with van der Waals surface area (Å²) in [5.41, 5.74) is -0.742. The van der Waals surface area contributed by atoms with Gasteiger partial charge in [0.25, 0.3) is 5.91 Å². The largest absolute Gasteiger partial charge is 0.573 e. The van der Waals surface area contributed by atoms with Gasteiger partial charge in [0.1, 0.15) is 11.3 Å². The zero-order valence-electron chi connectivity index (χ0n) is 19.0. The zero-order chi connectivity index (χ0) is 25.3. The van der Waals surface area contributed by atoms with Crippen molar-refractivity contribution in [3.63, 3.8) is 0 Å². The first-order valence-electron chi connectivity index (χ1n) is 10.4. The third kappa shape index (κ3) is 7.44. The fraction of sp³-hybridized carbons (Fsp3) is 0.364. The van der Waals surface area contributed by atoms with Crippen LogP contribution in [0, 0.1) is 0 Å². The van der Waals surface area contributed by atoms with Crippen molar-refractivity contribution in [2.45, 2.75) is 20.2 Å². The van der Waals surface area contributed by atoms with E-state index < -0.39 is 41.1 Å². The van der Waals surface area contributed by atoms with Crippen LogP contribution in [0.3, 0.4) is 0 Å². The van der Waals surface area contributed by atoms with E-state index in [1.807, 2.05) is 18.7 Å². The van der Waals surface area contributed by atoms with Gasteiger partial charge in [-0.05, 0) is 25.2 Å². The average Bonchev–Trinajstić information content (AvgIpc) is 2.78. The van der Waals surface area contributed by atoms with Gasteiger partial charge in [-0.25, -0.2) is 4.79 Å². The van der Waals surface area contributed by atoms with E-state index in [0.717, 1.165) is 19.2 Å². The van der Waals surface area contributed by atoms with Crippen molar-refractivity contribution in [1.82, 2.24) is 10.2 Å². The Hall–Kier alpha value is -3.67. The fourth-order valence-corrected chi connectivity index (χ4v) is 3.08. The molecule has 0 atom stereocenters. The maximum atomic E-state index is 13.1. The second-order valence-electron chi connectivity index (χ2n) is 6.95. The summed E-state index contributed by atoms with van der Waals surface area (Å²) < 4.78 is 48.3. The number of alkyl halides is 3. The molecule has 0 unspecified atom stereocenters. The van der Waals surface area contributed by atoms with Gasteiger partial charge < -0.3 is 35.4 Å². The van der Waals surface area contributed by atoms with Gasteiger partial charge in [0.15, 0.2) is 11.5 Å². The molecule has 0 aliphatic heterocycles. The molecule has 0 saturated carbocycles.